The van der Waals surface area contributed by atoms with Gasteiger partial charge < -0.3 is 15.2 Å². The molecular weight excluding hydrogens is 567 g/mol. The molecule has 0 aliphatic rings. The number of carbonyl (C=O) groups excluding carboxylic acids is 1. The summed E-state index contributed by atoms with van der Waals surface area (Å²) in [5.74, 6) is 4.78. The van der Waals surface area contributed by atoms with Crippen LogP contribution in [0.15, 0.2) is 79.8 Å². The minimum atomic E-state index is -0.676. The SMILES string of the molecule is Cc1cn(-c2cc(NC(=O)c3ccc(C)c(C#Cc4cnc5c(Nc6cnn(C)c6)cccn45)c3F)cc(C(C)(C)C)c2)cn1. The number of hydrogen-bond acceptors (Lipinski definition) is 5. The normalized spacial score (nSPS) is 11.4. The van der Waals surface area contributed by atoms with E-state index >= 15 is 4.39 Å². The van der Waals surface area contributed by atoms with Crippen LogP contribution in [0.1, 0.15) is 59.2 Å². The third-order valence-corrected chi connectivity index (χ3v) is 7.48. The first-order chi connectivity index (χ1) is 21.5. The average molecular weight is 601 g/mol. The Morgan fingerprint density at radius 1 is 0.978 bits per heavy atom. The number of nitrogens with zero attached hydrogens (tertiary/aromatic N) is 6. The highest BCUT2D eigenvalue weighted by molar-refractivity contribution is 6.05. The van der Waals surface area contributed by atoms with E-state index < -0.39 is 11.7 Å². The van der Waals surface area contributed by atoms with Crippen LogP contribution in [0.5, 0.6) is 0 Å². The molecule has 2 N–H and O–H groups in total. The second-order valence-electron chi connectivity index (χ2n) is 12.1. The summed E-state index contributed by atoms with van der Waals surface area (Å²) in [6.07, 6.45) is 10.7. The highest BCUT2D eigenvalue weighted by Gasteiger charge is 2.20. The lowest BCUT2D eigenvalue weighted by Crippen LogP contribution is -2.17. The Kier molecular flexibility index (Phi) is 7.46. The smallest absolute Gasteiger partial charge is 0.258 e. The maximum Gasteiger partial charge on any atom is 0.258 e. The number of fused-ring (bicyclic) bond motifs is 1. The number of anilines is 3. The summed E-state index contributed by atoms with van der Waals surface area (Å²) in [5, 5.41) is 10.4. The van der Waals surface area contributed by atoms with Gasteiger partial charge in [-0.3, -0.25) is 13.9 Å². The summed E-state index contributed by atoms with van der Waals surface area (Å²) >= 11 is 0. The number of pyridine rings is 1. The fourth-order valence-electron chi connectivity index (χ4n) is 5.00. The van der Waals surface area contributed by atoms with Crippen molar-refractivity contribution in [2.24, 2.45) is 7.05 Å². The molecule has 226 valence electrons. The van der Waals surface area contributed by atoms with Gasteiger partial charge in [-0.1, -0.05) is 32.8 Å². The van der Waals surface area contributed by atoms with Crippen molar-refractivity contribution in [3.63, 3.8) is 0 Å². The summed E-state index contributed by atoms with van der Waals surface area (Å²) in [4.78, 5) is 22.3. The molecule has 2 aromatic carbocycles. The maximum atomic E-state index is 15.9. The molecule has 1 amide bonds. The topological polar surface area (TPSA) is 94.1 Å². The van der Waals surface area contributed by atoms with E-state index in [2.05, 4.69) is 64.4 Å². The minimum Gasteiger partial charge on any atom is -0.350 e. The van der Waals surface area contributed by atoms with Crippen molar-refractivity contribution < 1.29 is 9.18 Å². The number of benzene rings is 2. The Hall–Kier alpha value is -5.69. The fourth-order valence-corrected chi connectivity index (χ4v) is 5.00. The first-order valence-electron chi connectivity index (χ1n) is 14.5. The third kappa shape index (κ3) is 6.06. The monoisotopic (exact) mass is 600 g/mol. The Morgan fingerprint density at radius 2 is 1.80 bits per heavy atom. The molecular formula is C35H33FN8O. The Labute approximate surface area is 260 Å². The summed E-state index contributed by atoms with van der Waals surface area (Å²) in [6, 6.07) is 12.8. The number of imidazole rings is 2. The van der Waals surface area contributed by atoms with E-state index in [1.165, 1.54) is 6.07 Å². The summed E-state index contributed by atoms with van der Waals surface area (Å²) < 4.78 is 21.4. The number of amides is 1. The van der Waals surface area contributed by atoms with Crippen molar-refractivity contribution in [1.82, 2.24) is 28.7 Å². The predicted molar refractivity (Wildman–Crippen MR) is 174 cm³/mol. The van der Waals surface area contributed by atoms with Gasteiger partial charge in [0.05, 0.1) is 46.9 Å². The number of rotatable bonds is 5. The number of halogens is 1. The molecule has 45 heavy (non-hydrogen) atoms. The van der Waals surface area contributed by atoms with E-state index in [4.69, 9.17) is 0 Å². The van der Waals surface area contributed by atoms with Gasteiger partial charge in [0.1, 0.15) is 5.69 Å². The number of nitrogens with one attached hydrogen (secondary N) is 2. The second-order valence-corrected chi connectivity index (χ2v) is 12.1. The van der Waals surface area contributed by atoms with Crippen LogP contribution in [0.3, 0.4) is 0 Å². The minimum absolute atomic E-state index is 0.0906. The highest BCUT2D eigenvalue weighted by atomic mass is 19.1. The molecule has 0 bridgehead atoms. The van der Waals surface area contributed by atoms with Gasteiger partial charge in [-0.05, 0) is 72.7 Å². The molecule has 0 aliphatic carbocycles. The molecule has 9 nitrogen and oxygen atoms in total. The van der Waals surface area contributed by atoms with Crippen LogP contribution in [0.25, 0.3) is 11.3 Å². The first-order valence-corrected chi connectivity index (χ1v) is 14.5. The average Bonchev–Trinajstić information content (AvgIpc) is 3.72. The van der Waals surface area contributed by atoms with E-state index in [-0.39, 0.29) is 16.5 Å². The van der Waals surface area contributed by atoms with Crippen LogP contribution in [-0.4, -0.2) is 34.6 Å². The van der Waals surface area contributed by atoms with Gasteiger partial charge in [0.15, 0.2) is 11.5 Å². The summed E-state index contributed by atoms with van der Waals surface area (Å²) in [7, 11) is 1.85. The third-order valence-electron chi connectivity index (χ3n) is 7.48. The molecule has 0 saturated carbocycles. The Balaban J connectivity index is 1.30. The zero-order valence-corrected chi connectivity index (χ0v) is 26.0. The molecule has 0 unspecified atom stereocenters. The van der Waals surface area contributed by atoms with E-state index in [0.717, 1.165) is 28.3 Å². The van der Waals surface area contributed by atoms with Crippen molar-refractivity contribution >= 4 is 28.6 Å². The van der Waals surface area contributed by atoms with Crippen LogP contribution in [0, 0.1) is 31.5 Å². The highest BCUT2D eigenvalue weighted by Crippen LogP contribution is 2.29. The molecule has 0 saturated heterocycles. The molecule has 0 atom stereocenters. The summed E-state index contributed by atoms with van der Waals surface area (Å²) in [5.41, 5.74) is 6.65. The van der Waals surface area contributed by atoms with Gasteiger partial charge in [0.25, 0.3) is 5.91 Å². The van der Waals surface area contributed by atoms with E-state index in [0.29, 0.717) is 22.6 Å². The predicted octanol–water partition coefficient (Wildman–Crippen LogP) is 6.70. The zero-order valence-electron chi connectivity index (χ0n) is 26.0. The molecule has 0 aliphatic heterocycles. The number of aromatic nitrogens is 6. The summed E-state index contributed by atoms with van der Waals surface area (Å²) in [6.45, 7) is 9.99. The van der Waals surface area contributed by atoms with E-state index in [1.54, 1.807) is 36.4 Å². The Morgan fingerprint density at radius 3 is 2.51 bits per heavy atom. The maximum absolute atomic E-state index is 15.9. The van der Waals surface area contributed by atoms with Gasteiger partial charge in [0.2, 0.25) is 0 Å². The largest absolute Gasteiger partial charge is 0.350 e. The number of hydrogen-bond donors (Lipinski definition) is 2. The second kappa shape index (κ2) is 11.4. The van der Waals surface area contributed by atoms with Gasteiger partial charge in [-0.25, -0.2) is 14.4 Å². The standard InChI is InChI=1S/C35H33FN8O/c1-22-9-11-30(34(45)41-25-14-24(35(3,4)5)15-28(16-25)43-19-23(2)38-21-43)32(36)29(22)12-10-27-18-37-33-31(8-7-13-44(27)33)40-26-17-39-42(6)20-26/h7-9,11,13-21,40H,1-6H3,(H,41,45). The van der Waals surface area contributed by atoms with Crippen LogP contribution < -0.4 is 10.6 Å². The molecule has 4 heterocycles. The molecule has 0 radical (unpaired) electrons. The lowest BCUT2D eigenvalue weighted by Gasteiger charge is -2.22. The molecule has 0 spiro atoms. The first kappa shape index (κ1) is 29.4. The van der Waals surface area contributed by atoms with Crippen molar-refractivity contribution in [1.29, 1.82) is 0 Å². The molecule has 10 heteroatoms. The number of aryl methyl sites for hydroxylation is 3. The lowest BCUT2D eigenvalue weighted by atomic mass is 9.86. The van der Waals surface area contributed by atoms with E-state index in [9.17, 15) is 4.79 Å². The quantitative estimate of drug-likeness (QED) is 0.215. The molecule has 4 aromatic heterocycles. The van der Waals surface area contributed by atoms with E-state index in [1.807, 2.05) is 65.8 Å². The van der Waals surface area contributed by atoms with Gasteiger partial charge in [-0.2, -0.15) is 5.10 Å². The van der Waals surface area contributed by atoms with Crippen molar-refractivity contribution in [3.8, 4) is 17.5 Å². The van der Waals surface area contributed by atoms with Crippen LogP contribution in [0.2, 0.25) is 0 Å². The molecule has 6 aromatic rings. The van der Waals surface area contributed by atoms with Crippen LogP contribution in [-0.2, 0) is 12.5 Å². The van der Waals surface area contributed by atoms with Crippen LogP contribution in [0.4, 0.5) is 21.5 Å². The van der Waals surface area contributed by atoms with Gasteiger partial charge in [-0.15, -0.1) is 0 Å². The fraction of sp³-hybridized carbons (Fsp3) is 0.200. The number of carbonyl (C=O) groups is 1. The zero-order chi connectivity index (χ0) is 31.9. The van der Waals surface area contributed by atoms with Crippen LogP contribution >= 0.6 is 0 Å². The van der Waals surface area contributed by atoms with Gasteiger partial charge in [0, 0.05) is 37.0 Å². The molecule has 0 fully saturated rings. The Bertz CT molecular complexity index is 2130. The lowest BCUT2D eigenvalue weighted by molar-refractivity contribution is 0.102. The molecule has 6 rings (SSSR count). The van der Waals surface area contributed by atoms with Crippen molar-refractivity contribution in [3.05, 3.63) is 119 Å². The van der Waals surface area contributed by atoms with Crippen molar-refractivity contribution in [2.45, 2.75) is 40.0 Å². The van der Waals surface area contributed by atoms with Gasteiger partial charge >= 0.3 is 0 Å². The van der Waals surface area contributed by atoms with Crippen molar-refractivity contribution in [2.75, 3.05) is 10.6 Å².